The van der Waals surface area contributed by atoms with Gasteiger partial charge >= 0.3 is 5.97 Å². The van der Waals surface area contributed by atoms with Crippen LogP contribution in [0.3, 0.4) is 0 Å². The number of nitrogens with one attached hydrogen (secondary N) is 1. The molecule has 0 bridgehead atoms. The van der Waals surface area contributed by atoms with Crippen LogP contribution in [0.15, 0.2) is 53.4 Å². The molecule has 0 aromatic heterocycles. The molecule has 2 unspecified atom stereocenters. The highest BCUT2D eigenvalue weighted by Gasteiger charge is 2.18. The number of hydrogen-bond acceptors (Lipinski definition) is 4. The minimum absolute atomic E-state index is 0.225. The van der Waals surface area contributed by atoms with Crippen LogP contribution >= 0.6 is 11.8 Å². The van der Waals surface area contributed by atoms with Crippen LogP contribution < -0.4 is 10.1 Å². The summed E-state index contributed by atoms with van der Waals surface area (Å²) in [6.07, 6.45) is -0.362. The van der Waals surface area contributed by atoms with E-state index < -0.39 is 17.0 Å². The van der Waals surface area contributed by atoms with E-state index in [0.717, 1.165) is 11.8 Å². The van der Waals surface area contributed by atoms with Crippen molar-refractivity contribution in [1.82, 2.24) is 5.32 Å². The quantitative estimate of drug-likeness (QED) is 0.688. The van der Waals surface area contributed by atoms with Crippen molar-refractivity contribution in [2.24, 2.45) is 0 Å². The van der Waals surface area contributed by atoms with Crippen LogP contribution in [0, 0.1) is 5.82 Å². The normalized spacial score (nSPS) is 12.9. The molecule has 0 saturated carbocycles. The lowest BCUT2D eigenvalue weighted by atomic mass is 10.2. The monoisotopic (exact) mass is 377 g/mol. The maximum Gasteiger partial charge on any atom is 0.316 e. The smallest absolute Gasteiger partial charge is 0.316 e. The minimum atomic E-state index is -0.942. The van der Waals surface area contributed by atoms with Crippen molar-refractivity contribution in [3.8, 4) is 5.75 Å². The fourth-order valence-electron chi connectivity index (χ4n) is 2.14. The van der Waals surface area contributed by atoms with Gasteiger partial charge < -0.3 is 15.2 Å². The van der Waals surface area contributed by atoms with Crippen LogP contribution in [0.4, 0.5) is 4.39 Å². The summed E-state index contributed by atoms with van der Waals surface area (Å²) in [6, 6.07) is 12.6. The first kappa shape index (κ1) is 19.8. The summed E-state index contributed by atoms with van der Waals surface area (Å²) >= 11 is 1.11. The molecule has 0 aliphatic rings. The molecule has 7 heteroatoms. The van der Waals surface area contributed by atoms with E-state index in [-0.39, 0.29) is 18.6 Å². The van der Waals surface area contributed by atoms with Gasteiger partial charge in [-0.05, 0) is 38.1 Å². The summed E-state index contributed by atoms with van der Waals surface area (Å²) in [7, 11) is 0. The molecule has 26 heavy (non-hydrogen) atoms. The van der Waals surface area contributed by atoms with Crippen LogP contribution in [0.5, 0.6) is 5.75 Å². The summed E-state index contributed by atoms with van der Waals surface area (Å²) in [4.78, 5) is 24.1. The molecular weight excluding hydrogens is 357 g/mol. The van der Waals surface area contributed by atoms with Crippen LogP contribution in [0.25, 0.3) is 0 Å². The Kier molecular flexibility index (Phi) is 7.03. The number of carboxylic acid groups (broad SMARTS) is 1. The van der Waals surface area contributed by atoms with Gasteiger partial charge in [0.15, 0.2) is 0 Å². The lowest BCUT2D eigenvalue weighted by Gasteiger charge is -2.16. The van der Waals surface area contributed by atoms with Gasteiger partial charge in [0.1, 0.15) is 22.9 Å². The lowest BCUT2D eigenvalue weighted by Crippen LogP contribution is -2.33. The topological polar surface area (TPSA) is 75.6 Å². The van der Waals surface area contributed by atoms with Gasteiger partial charge in [-0.25, -0.2) is 4.39 Å². The van der Waals surface area contributed by atoms with E-state index in [9.17, 15) is 14.0 Å². The predicted molar refractivity (Wildman–Crippen MR) is 98.2 cm³/mol. The molecule has 2 rings (SSSR count). The highest BCUT2D eigenvalue weighted by Crippen LogP contribution is 2.27. The van der Waals surface area contributed by atoms with E-state index in [1.54, 1.807) is 50.2 Å². The largest absolute Gasteiger partial charge is 0.489 e. The second-order valence-electron chi connectivity index (χ2n) is 5.69. The van der Waals surface area contributed by atoms with E-state index in [4.69, 9.17) is 9.84 Å². The van der Waals surface area contributed by atoms with Crippen molar-refractivity contribution in [3.05, 3.63) is 59.9 Å². The Morgan fingerprint density at radius 2 is 1.92 bits per heavy atom. The van der Waals surface area contributed by atoms with Crippen LogP contribution in [-0.2, 0) is 4.79 Å². The average Bonchev–Trinajstić information content (AvgIpc) is 2.60. The molecule has 5 nitrogen and oxygen atoms in total. The molecular formula is C19H20FNO4S. The zero-order valence-electron chi connectivity index (χ0n) is 14.4. The first-order valence-corrected chi connectivity index (χ1v) is 8.93. The first-order chi connectivity index (χ1) is 12.4. The second-order valence-corrected chi connectivity index (χ2v) is 7.07. The van der Waals surface area contributed by atoms with Gasteiger partial charge in [0.05, 0.1) is 12.1 Å². The van der Waals surface area contributed by atoms with E-state index in [1.165, 1.54) is 12.1 Å². The number of ether oxygens (including phenoxy) is 1. The van der Waals surface area contributed by atoms with Gasteiger partial charge in [-0.2, -0.15) is 0 Å². The van der Waals surface area contributed by atoms with E-state index >= 15 is 0 Å². The lowest BCUT2D eigenvalue weighted by molar-refractivity contribution is -0.136. The SMILES string of the molecule is CC(CNC(=O)c1ccccc1SC(C)C(=O)O)Oc1cccc(F)c1. The molecule has 1 amide bonds. The van der Waals surface area contributed by atoms with Crippen molar-refractivity contribution < 1.29 is 23.8 Å². The van der Waals surface area contributed by atoms with Crippen LogP contribution in [0.2, 0.25) is 0 Å². The third kappa shape index (κ3) is 5.77. The molecule has 0 fully saturated rings. The standard InChI is InChI=1S/C19H20FNO4S/c1-12(25-15-7-5-6-14(20)10-15)11-21-18(22)16-8-3-4-9-17(16)26-13(2)19(23)24/h3-10,12-13H,11H2,1-2H3,(H,21,22)(H,23,24). The van der Waals surface area contributed by atoms with E-state index in [0.29, 0.717) is 16.2 Å². The van der Waals surface area contributed by atoms with Gasteiger partial charge in [0.2, 0.25) is 0 Å². The maximum absolute atomic E-state index is 13.2. The Morgan fingerprint density at radius 3 is 2.62 bits per heavy atom. The summed E-state index contributed by atoms with van der Waals surface area (Å²) in [5.74, 6) is -1.27. The maximum atomic E-state index is 13.2. The molecule has 0 heterocycles. The molecule has 0 spiro atoms. The molecule has 0 saturated heterocycles. The summed E-state index contributed by atoms with van der Waals surface area (Å²) < 4.78 is 18.7. The summed E-state index contributed by atoms with van der Waals surface area (Å²) in [5.41, 5.74) is 0.406. The molecule has 2 aromatic carbocycles. The van der Waals surface area contributed by atoms with Gasteiger partial charge in [-0.3, -0.25) is 9.59 Å². The minimum Gasteiger partial charge on any atom is -0.489 e. The molecule has 2 atom stereocenters. The highest BCUT2D eigenvalue weighted by molar-refractivity contribution is 8.00. The highest BCUT2D eigenvalue weighted by atomic mass is 32.2. The Bertz CT molecular complexity index is 784. The number of halogens is 1. The van der Waals surface area contributed by atoms with Crippen molar-refractivity contribution in [2.75, 3.05) is 6.54 Å². The van der Waals surface area contributed by atoms with Gasteiger partial charge in [-0.1, -0.05) is 18.2 Å². The molecule has 2 N–H and O–H groups in total. The van der Waals surface area contributed by atoms with Crippen molar-refractivity contribution in [3.63, 3.8) is 0 Å². The van der Waals surface area contributed by atoms with Crippen molar-refractivity contribution in [2.45, 2.75) is 30.1 Å². The molecule has 2 aromatic rings. The number of rotatable bonds is 8. The number of hydrogen-bond donors (Lipinski definition) is 2. The second kappa shape index (κ2) is 9.24. The number of aliphatic carboxylic acids is 1. The molecule has 0 aliphatic heterocycles. The van der Waals surface area contributed by atoms with E-state index in [1.807, 2.05) is 0 Å². The zero-order chi connectivity index (χ0) is 19.1. The van der Waals surface area contributed by atoms with Crippen LogP contribution in [0.1, 0.15) is 24.2 Å². The first-order valence-electron chi connectivity index (χ1n) is 8.05. The Morgan fingerprint density at radius 1 is 1.19 bits per heavy atom. The molecule has 0 radical (unpaired) electrons. The number of amides is 1. The average molecular weight is 377 g/mol. The number of benzene rings is 2. The number of thioether (sulfide) groups is 1. The Labute approximate surface area is 155 Å². The molecule has 0 aliphatic carbocycles. The summed E-state index contributed by atoms with van der Waals surface area (Å²) in [6.45, 7) is 3.55. The van der Waals surface area contributed by atoms with Gasteiger partial charge in [0, 0.05) is 11.0 Å². The van der Waals surface area contributed by atoms with Crippen molar-refractivity contribution in [1.29, 1.82) is 0 Å². The van der Waals surface area contributed by atoms with Gasteiger partial charge in [0.25, 0.3) is 5.91 Å². The predicted octanol–water partition coefficient (Wildman–Crippen LogP) is 3.59. The van der Waals surface area contributed by atoms with Crippen molar-refractivity contribution >= 4 is 23.6 Å². The third-order valence-electron chi connectivity index (χ3n) is 3.47. The summed E-state index contributed by atoms with van der Waals surface area (Å²) in [5, 5.41) is 11.1. The number of carbonyl (C=O) groups is 2. The van der Waals surface area contributed by atoms with Gasteiger partial charge in [-0.15, -0.1) is 11.8 Å². The fourth-order valence-corrected chi connectivity index (χ4v) is 3.07. The molecule has 138 valence electrons. The number of carboxylic acids is 1. The third-order valence-corrected chi connectivity index (χ3v) is 4.63. The number of carbonyl (C=O) groups excluding carboxylic acids is 1. The Hall–Kier alpha value is -2.54. The zero-order valence-corrected chi connectivity index (χ0v) is 15.3. The van der Waals surface area contributed by atoms with E-state index in [2.05, 4.69) is 5.32 Å². The van der Waals surface area contributed by atoms with Crippen LogP contribution in [-0.4, -0.2) is 34.9 Å². The Balaban J connectivity index is 1.96. The fraction of sp³-hybridized carbons (Fsp3) is 0.263.